The minimum atomic E-state index is -0.543. The number of ether oxygens (including phenoxy) is 2. The quantitative estimate of drug-likeness (QED) is 0.538. The van der Waals surface area contributed by atoms with Crippen LogP contribution in [-0.4, -0.2) is 37.9 Å². The third kappa shape index (κ3) is 6.09. The molecule has 0 aliphatic heterocycles. The second-order valence-corrected chi connectivity index (χ2v) is 6.80. The van der Waals surface area contributed by atoms with Crippen molar-refractivity contribution in [1.82, 2.24) is 5.32 Å². The fourth-order valence-electron chi connectivity index (χ4n) is 2.26. The van der Waals surface area contributed by atoms with Crippen LogP contribution in [0.5, 0.6) is 0 Å². The van der Waals surface area contributed by atoms with Crippen molar-refractivity contribution in [2.45, 2.75) is 20.0 Å². The first-order chi connectivity index (χ1) is 12.5. The van der Waals surface area contributed by atoms with E-state index in [9.17, 15) is 14.4 Å². The summed E-state index contributed by atoms with van der Waals surface area (Å²) in [4.78, 5) is 36.7. The Hall–Kier alpha value is -2.51. The van der Waals surface area contributed by atoms with Gasteiger partial charge in [0.25, 0.3) is 0 Å². The highest BCUT2D eigenvalue weighted by Gasteiger charge is 2.14. The van der Waals surface area contributed by atoms with Gasteiger partial charge in [-0.15, -0.1) is 11.3 Å². The van der Waals surface area contributed by atoms with Crippen molar-refractivity contribution in [2.24, 2.45) is 0 Å². The van der Waals surface area contributed by atoms with E-state index in [-0.39, 0.29) is 18.3 Å². The van der Waals surface area contributed by atoms with Crippen LogP contribution in [-0.2, 0) is 27.3 Å². The van der Waals surface area contributed by atoms with E-state index < -0.39 is 5.97 Å². The summed E-state index contributed by atoms with van der Waals surface area (Å²) in [6, 6.07) is 10.5. The number of esters is 1. The molecule has 1 heterocycles. The lowest BCUT2D eigenvalue weighted by atomic mass is 10.1. The van der Waals surface area contributed by atoms with Crippen molar-refractivity contribution < 1.29 is 23.9 Å². The molecule has 0 aliphatic carbocycles. The molecule has 1 amide bonds. The lowest BCUT2D eigenvalue weighted by Crippen LogP contribution is -2.22. The van der Waals surface area contributed by atoms with Crippen LogP contribution in [0.15, 0.2) is 36.4 Å². The van der Waals surface area contributed by atoms with Crippen molar-refractivity contribution >= 4 is 29.0 Å². The average Bonchev–Trinajstić information content (AvgIpc) is 3.08. The molecule has 0 aliphatic rings. The van der Waals surface area contributed by atoms with Gasteiger partial charge in [0.15, 0.2) is 6.61 Å². The zero-order valence-electron chi connectivity index (χ0n) is 14.7. The third-order valence-corrected chi connectivity index (χ3v) is 4.68. The highest BCUT2D eigenvalue weighted by atomic mass is 32.1. The summed E-state index contributed by atoms with van der Waals surface area (Å²) in [5.74, 6) is -0.875. The normalized spacial score (nSPS) is 10.4. The van der Waals surface area contributed by atoms with E-state index in [1.807, 2.05) is 12.1 Å². The Balaban J connectivity index is 1.86. The summed E-state index contributed by atoms with van der Waals surface area (Å²) in [5, 5.41) is 2.71. The molecular formula is C19H21NO5S. The Morgan fingerprint density at radius 1 is 1.15 bits per heavy atom. The molecule has 0 atom stereocenters. The van der Waals surface area contributed by atoms with Gasteiger partial charge >= 0.3 is 5.97 Å². The second kappa shape index (κ2) is 9.84. The molecule has 0 radical (unpaired) electrons. The van der Waals surface area contributed by atoms with Crippen molar-refractivity contribution in [1.29, 1.82) is 0 Å². The predicted octanol–water partition coefficient (Wildman–Crippen LogP) is 2.61. The zero-order valence-corrected chi connectivity index (χ0v) is 15.6. The van der Waals surface area contributed by atoms with Crippen molar-refractivity contribution in [3.05, 3.63) is 57.3 Å². The number of ketones is 1. The van der Waals surface area contributed by atoms with Gasteiger partial charge in [-0.25, -0.2) is 4.79 Å². The van der Waals surface area contributed by atoms with E-state index in [4.69, 9.17) is 9.47 Å². The summed E-state index contributed by atoms with van der Waals surface area (Å²) in [7, 11) is 1.58. The summed E-state index contributed by atoms with van der Waals surface area (Å²) in [5.41, 5.74) is 1.24. The molecule has 1 aromatic heterocycles. The zero-order chi connectivity index (χ0) is 18.9. The maximum absolute atomic E-state index is 12.2. The molecule has 0 unspecified atom stereocenters. The highest BCUT2D eigenvalue weighted by molar-refractivity contribution is 7.14. The monoisotopic (exact) mass is 375 g/mol. The molecule has 6 nitrogen and oxygen atoms in total. The maximum atomic E-state index is 12.2. The van der Waals surface area contributed by atoms with E-state index in [2.05, 4.69) is 5.32 Å². The van der Waals surface area contributed by atoms with Gasteiger partial charge < -0.3 is 14.8 Å². The number of nitrogens with one attached hydrogen (secondary N) is 1. The topological polar surface area (TPSA) is 81.7 Å². The van der Waals surface area contributed by atoms with Crippen LogP contribution in [0, 0.1) is 0 Å². The van der Waals surface area contributed by atoms with Crippen LogP contribution in [0.4, 0.5) is 0 Å². The van der Waals surface area contributed by atoms with Gasteiger partial charge in [0, 0.05) is 25.5 Å². The first kappa shape index (κ1) is 19.8. The number of carbonyl (C=O) groups excluding carboxylic acids is 3. The Morgan fingerprint density at radius 2 is 1.96 bits per heavy atom. The number of Topliss-reactive ketones (excluding diaryl/α,β-unsaturated/α-hetero) is 1. The van der Waals surface area contributed by atoms with Gasteiger partial charge in [-0.05, 0) is 36.2 Å². The first-order valence-electron chi connectivity index (χ1n) is 8.11. The van der Waals surface area contributed by atoms with Gasteiger partial charge in [0.1, 0.15) is 0 Å². The lowest BCUT2D eigenvalue weighted by Gasteiger charge is -2.05. The summed E-state index contributed by atoms with van der Waals surface area (Å²) >= 11 is 1.34. The minimum absolute atomic E-state index is 0.0839. The predicted molar refractivity (Wildman–Crippen MR) is 98.5 cm³/mol. The van der Waals surface area contributed by atoms with E-state index in [0.717, 1.165) is 10.4 Å². The van der Waals surface area contributed by atoms with Crippen LogP contribution in [0.2, 0.25) is 0 Å². The molecule has 0 saturated carbocycles. The van der Waals surface area contributed by atoms with Gasteiger partial charge in [0.05, 0.1) is 17.0 Å². The largest absolute Gasteiger partial charge is 0.454 e. The minimum Gasteiger partial charge on any atom is -0.454 e. The van der Waals surface area contributed by atoms with Crippen molar-refractivity contribution in [3.8, 4) is 0 Å². The van der Waals surface area contributed by atoms with E-state index >= 15 is 0 Å². The van der Waals surface area contributed by atoms with Crippen molar-refractivity contribution in [3.63, 3.8) is 0 Å². The number of carbonyl (C=O) groups is 3. The molecule has 26 heavy (non-hydrogen) atoms. The SMILES string of the molecule is COCc1cccc(C(=O)OCC(=O)c2ccc(CCNC(C)=O)s2)c1. The second-order valence-electron chi connectivity index (χ2n) is 5.63. The molecule has 1 aromatic carbocycles. The van der Waals surface area contributed by atoms with E-state index in [0.29, 0.717) is 30.0 Å². The summed E-state index contributed by atoms with van der Waals surface area (Å²) in [6.07, 6.45) is 0.656. The van der Waals surface area contributed by atoms with Crippen LogP contribution < -0.4 is 5.32 Å². The Labute approximate surface area is 156 Å². The molecule has 0 saturated heterocycles. The number of rotatable bonds is 9. The molecular weight excluding hydrogens is 354 g/mol. The third-order valence-electron chi connectivity index (χ3n) is 3.49. The van der Waals surface area contributed by atoms with E-state index in [1.54, 1.807) is 31.4 Å². The summed E-state index contributed by atoms with van der Waals surface area (Å²) in [6.45, 7) is 2.08. The molecule has 0 spiro atoms. The lowest BCUT2D eigenvalue weighted by molar-refractivity contribution is -0.118. The van der Waals surface area contributed by atoms with Crippen LogP contribution in [0.25, 0.3) is 0 Å². The Morgan fingerprint density at radius 3 is 2.69 bits per heavy atom. The summed E-state index contributed by atoms with van der Waals surface area (Å²) < 4.78 is 10.2. The van der Waals surface area contributed by atoms with Gasteiger partial charge in [-0.2, -0.15) is 0 Å². The smallest absolute Gasteiger partial charge is 0.338 e. The number of hydrogen-bond acceptors (Lipinski definition) is 6. The Kier molecular flexibility index (Phi) is 7.50. The number of thiophene rings is 1. The standard InChI is InChI=1S/C19H21NO5S/c1-13(21)20-9-8-16-6-7-18(26-16)17(22)12-25-19(23)15-5-3-4-14(10-15)11-24-2/h3-7,10H,8-9,11-12H2,1-2H3,(H,20,21). The number of amides is 1. The van der Waals surface area contributed by atoms with Gasteiger partial charge in [-0.3, -0.25) is 9.59 Å². The molecule has 2 aromatic rings. The number of methoxy groups -OCH3 is 1. The molecule has 138 valence electrons. The molecule has 7 heteroatoms. The molecule has 0 fully saturated rings. The molecule has 2 rings (SSSR count). The Bertz CT molecular complexity index is 784. The average molecular weight is 375 g/mol. The van der Waals surface area contributed by atoms with Crippen LogP contribution in [0.3, 0.4) is 0 Å². The molecule has 1 N–H and O–H groups in total. The van der Waals surface area contributed by atoms with Crippen LogP contribution >= 0.6 is 11.3 Å². The number of benzene rings is 1. The fourth-order valence-corrected chi connectivity index (χ4v) is 3.20. The van der Waals surface area contributed by atoms with Crippen molar-refractivity contribution in [2.75, 3.05) is 20.3 Å². The van der Waals surface area contributed by atoms with Gasteiger partial charge in [0.2, 0.25) is 11.7 Å². The highest BCUT2D eigenvalue weighted by Crippen LogP contribution is 2.18. The van der Waals surface area contributed by atoms with Gasteiger partial charge in [-0.1, -0.05) is 12.1 Å². The fraction of sp³-hybridized carbons (Fsp3) is 0.316. The first-order valence-corrected chi connectivity index (χ1v) is 8.92. The van der Waals surface area contributed by atoms with Crippen LogP contribution in [0.1, 0.15) is 37.4 Å². The molecule has 0 bridgehead atoms. The van der Waals surface area contributed by atoms with E-state index in [1.165, 1.54) is 18.3 Å². The maximum Gasteiger partial charge on any atom is 0.338 e. The number of hydrogen-bond donors (Lipinski definition) is 1.